The highest BCUT2D eigenvalue weighted by atomic mass is 32.1. The van der Waals surface area contributed by atoms with Crippen LogP contribution in [0.2, 0.25) is 0 Å². The van der Waals surface area contributed by atoms with Crippen molar-refractivity contribution in [2.45, 2.75) is 19.6 Å². The van der Waals surface area contributed by atoms with Crippen LogP contribution in [0.3, 0.4) is 0 Å². The van der Waals surface area contributed by atoms with Crippen molar-refractivity contribution in [1.29, 1.82) is 0 Å². The van der Waals surface area contributed by atoms with Crippen LogP contribution in [0.15, 0.2) is 40.7 Å². The zero-order chi connectivity index (χ0) is 18.1. The van der Waals surface area contributed by atoms with Gasteiger partial charge in [0.25, 0.3) is 0 Å². The molecule has 8 heteroatoms. The standard InChI is InChI=1S/C17H21F2N3O2S/c1-20-17(22-11-13-4-3-9-25-13)21-8-7-12-5-6-14(23-2)15(10-12)24-16(18)19/h3-6,9-10,16H,7-8,11H2,1-2H3,(H2,20,21,22). The molecule has 1 aromatic carbocycles. The van der Waals surface area contributed by atoms with Crippen molar-refractivity contribution in [3.8, 4) is 11.5 Å². The lowest BCUT2D eigenvalue weighted by molar-refractivity contribution is -0.0512. The number of hydrogen-bond donors (Lipinski definition) is 2. The van der Waals surface area contributed by atoms with Gasteiger partial charge in [-0.05, 0) is 35.6 Å². The zero-order valence-electron chi connectivity index (χ0n) is 14.1. The fourth-order valence-corrected chi connectivity index (χ4v) is 2.84. The van der Waals surface area contributed by atoms with Crippen LogP contribution in [0, 0.1) is 0 Å². The highest BCUT2D eigenvalue weighted by Crippen LogP contribution is 2.29. The minimum Gasteiger partial charge on any atom is -0.493 e. The van der Waals surface area contributed by atoms with E-state index in [0.717, 1.165) is 5.56 Å². The SMILES string of the molecule is CN=C(NCCc1ccc(OC)c(OC(F)F)c1)NCc1cccs1. The zero-order valence-corrected chi connectivity index (χ0v) is 14.9. The Kier molecular flexibility index (Phi) is 7.46. The molecule has 0 atom stereocenters. The molecule has 1 heterocycles. The Balaban J connectivity index is 1.85. The van der Waals surface area contributed by atoms with Crippen LogP contribution in [0.4, 0.5) is 8.78 Å². The van der Waals surface area contributed by atoms with Crippen molar-refractivity contribution < 1.29 is 18.3 Å². The van der Waals surface area contributed by atoms with Crippen molar-refractivity contribution >= 4 is 17.3 Å². The molecule has 2 rings (SSSR count). The van der Waals surface area contributed by atoms with E-state index < -0.39 is 6.61 Å². The molecule has 2 N–H and O–H groups in total. The van der Waals surface area contributed by atoms with Gasteiger partial charge in [-0.25, -0.2) is 0 Å². The minimum absolute atomic E-state index is 0.0372. The Morgan fingerprint density at radius 2 is 2.08 bits per heavy atom. The highest BCUT2D eigenvalue weighted by molar-refractivity contribution is 7.09. The maximum atomic E-state index is 12.5. The number of benzene rings is 1. The first-order chi connectivity index (χ1) is 12.1. The molecule has 0 aliphatic rings. The van der Waals surface area contributed by atoms with Gasteiger partial charge < -0.3 is 20.1 Å². The predicted octanol–water partition coefficient (Wildman–Crippen LogP) is 3.27. The summed E-state index contributed by atoms with van der Waals surface area (Å²) in [6.45, 7) is -1.58. The van der Waals surface area contributed by atoms with Crippen LogP contribution < -0.4 is 20.1 Å². The first-order valence-corrected chi connectivity index (χ1v) is 8.59. The summed E-state index contributed by atoms with van der Waals surface area (Å²) in [6.07, 6.45) is 0.628. The third kappa shape index (κ3) is 6.22. The fraction of sp³-hybridized carbons (Fsp3) is 0.353. The second kappa shape index (κ2) is 9.83. The monoisotopic (exact) mass is 369 g/mol. The number of alkyl halides is 2. The van der Waals surface area contributed by atoms with Crippen molar-refractivity contribution in [2.24, 2.45) is 4.99 Å². The number of rotatable bonds is 8. The molecule has 0 spiro atoms. The second-order valence-electron chi connectivity index (χ2n) is 5.05. The quantitative estimate of drug-likeness (QED) is 0.554. The molecule has 136 valence electrons. The number of thiophene rings is 1. The molecule has 0 aliphatic heterocycles. The van der Waals surface area contributed by atoms with Gasteiger partial charge >= 0.3 is 6.61 Å². The third-order valence-corrected chi connectivity index (χ3v) is 4.26. The van der Waals surface area contributed by atoms with Gasteiger partial charge in [-0.2, -0.15) is 8.78 Å². The van der Waals surface area contributed by atoms with Crippen LogP contribution in [-0.4, -0.2) is 33.3 Å². The average Bonchev–Trinajstić information content (AvgIpc) is 3.11. The lowest BCUT2D eigenvalue weighted by Gasteiger charge is -2.13. The number of guanidine groups is 1. The van der Waals surface area contributed by atoms with E-state index in [9.17, 15) is 8.78 Å². The van der Waals surface area contributed by atoms with E-state index in [2.05, 4.69) is 20.4 Å². The summed E-state index contributed by atoms with van der Waals surface area (Å²) in [7, 11) is 3.11. The molecule has 0 radical (unpaired) electrons. The van der Waals surface area contributed by atoms with Gasteiger partial charge in [-0.1, -0.05) is 12.1 Å². The molecule has 0 amide bonds. The lowest BCUT2D eigenvalue weighted by Crippen LogP contribution is -2.37. The summed E-state index contributed by atoms with van der Waals surface area (Å²) in [5.41, 5.74) is 0.859. The fourth-order valence-electron chi connectivity index (χ4n) is 2.19. The molecule has 0 fully saturated rings. The van der Waals surface area contributed by atoms with Crippen LogP contribution in [0.25, 0.3) is 0 Å². The van der Waals surface area contributed by atoms with Crippen molar-refractivity contribution in [1.82, 2.24) is 10.6 Å². The molecule has 0 bridgehead atoms. The van der Waals surface area contributed by atoms with E-state index in [1.54, 1.807) is 30.5 Å². The topological polar surface area (TPSA) is 54.9 Å². The van der Waals surface area contributed by atoms with Gasteiger partial charge in [0.1, 0.15) is 0 Å². The predicted molar refractivity (Wildman–Crippen MR) is 95.9 cm³/mol. The van der Waals surface area contributed by atoms with E-state index in [4.69, 9.17) is 4.74 Å². The number of hydrogen-bond acceptors (Lipinski definition) is 4. The molecular formula is C17H21F2N3O2S. The van der Waals surface area contributed by atoms with E-state index in [-0.39, 0.29) is 11.5 Å². The number of nitrogens with zero attached hydrogens (tertiary/aromatic N) is 1. The van der Waals surface area contributed by atoms with Gasteiger partial charge in [0.2, 0.25) is 0 Å². The van der Waals surface area contributed by atoms with Gasteiger partial charge in [-0.15, -0.1) is 11.3 Å². The van der Waals surface area contributed by atoms with E-state index in [0.29, 0.717) is 25.5 Å². The number of aliphatic imine (C=N–C) groups is 1. The molecule has 0 saturated carbocycles. The summed E-state index contributed by atoms with van der Waals surface area (Å²) >= 11 is 1.67. The van der Waals surface area contributed by atoms with Crippen molar-refractivity contribution in [3.63, 3.8) is 0 Å². The Labute approximate surface area is 149 Å². The molecular weight excluding hydrogens is 348 g/mol. The van der Waals surface area contributed by atoms with Crippen molar-refractivity contribution in [3.05, 3.63) is 46.2 Å². The maximum Gasteiger partial charge on any atom is 0.387 e. The molecule has 2 aromatic rings. The van der Waals surface area contributed by atoms with Gasteiger partial charge in [0.15, 0.2) is 17.5 Å². The molecule has 25 heavy (non-hydrogen) atoms. The summed E-state index contributed by atoms with van der Waals surface area (Å²) in [5.74, 6) is 1.01. The highest BCUT2D eigenvalue weighted by Gasteiger charge is 2.11. The normalized spacial score (nSPS) is 11.5. The Morgan fingerprint density at radius 3 is 2.72 bits per heavy atom. The smallest absolute Gasteiger partial charge is 0.387 e. The third-order valence-electron chi connectivity index (χ3n) is 3.38. The van der Waals surface area contributed by atoms with Crippen molar-refractivity contribution in [2.75, 3.05) is 20.7 Å². The first-order valence-electron chi connectivity index (χ1n) is 7.71. The van der Waals surface area contributed by atoms with Gasteiger partial charge in [0.05, 0.1) is 13.7 Å². The summed E-state index contributed by atoms with van der Waals surface area (Å²) in [6, 6.07) is 9.06. The van der Waals surface area contributed by atoms with E-state index >= 15 is 0 Å². The van der Waals surface area contributed by atoms with E-state index in [1.165, 1.54) is 12.0 Å². The van der Waals surface area contributed by atoms with Crippen LogP contribution >= 0.6 is 11.3 Å². The van der Waals surface area contributed by atoms with Gasteiger partial charge in [0, 0.05) is 18.5 Å². The first kappa shape index (κ1) is 19.0. The molecule has 0 unspecified atom stereocenters. The molecule has 0 aliphatic carbocycles. The Morgan fingerprint density at radius 1 is 1.24 bits per heavy atom. The summed E-state index contributed by atoms with van der Waals surface area (Å²) in [4.78, 5) is 5.37. The maximum absolute atomic E-state index is 12.5. The largest absolute Gasteiger partial charge is 0.493 e. The molecule has 0 saturated heterocycles. The molecule has 5 nitrogen and oxygen atoms in total. The molecule has 1 aromatic heterocycles. The van der Waals surface area contributed by atoms with E-state index in [1.807, 2.05) is 23.6 Å². The Bertz CT molecular complexity index is 679. The lowest BCUT2D eigenvalue weighted by atomic mass is 10.1. The second-order valence-corrected chi connectivity index (χ2v) is 6.08. The number of halogens is 2. The average molecular weight is 369 g/mol. The van der Waals surface area contributed by atoms with Gasteiger partial charge in [-0.3, -0.25) is 4.99 Å². The Hall–Kier alpha value is -2.35. The van der Waals surface area contributed by atoms with Crippen LogP contribution in [0.5, 0.6) is 11.5 Å². The summed E-state index contributed by atoms with van der Waals surface area (Å²) in [5, 5.41) is 8.44. The number of nitrogens with one attached hydrogen (secondary N) is 2. The summed E-state index contributed by atoms with van der Waals surface area (Å²) < 4.78 is 34.4. The van der Waals surface area contributed by atoms with Crippen LogP contribution in [-0.2, 0) is 13.0 Å². The van der Waals surface area contributed by atoms with Crippen LogP contribution in [0.1, 0.15) is 10.4 Å². The number of methoxy groups -OCH3 is 1. The number of ether oxygens (including phenoxy) is 2. The minimum atomic E-state index is -2.89.